The van der Waals surface area contributed by atoms with Crippen molar-refractivity contribution in [2.45, 2.75) is 25.0 Å². The number of nitrogens with two attached hydrogens (primary N) is 1. The minimum Gasteiger partial charge on any atom is -0.491 e. The highest BCUT2D eigenvalue weighted by Gasteiger charge is 2.11. The van der Waals surface area contributed by atoms with Crippen LogP contribution < -0.4 is 10.5 Å². The second-order valence-corrected chi connectivity index (χ2v) is 4.25. The number of halogens is 1. The van der Waals surface area contributed by atoms with Crippen molar-refractivity contribution in [2.75, 3.05) is 13.3 Å². The first-order valence-electron chi connectivity index (χ1n) is 5.97. The van der Waals surface area contributed by atoms with Crippen molar-refractivity contribution < 1.29 is 24.1 Å². The number of rotatable bonds is 8. The van der Waals surface area contributed by atoms with Gasteiger partial charge in [0.25, 0.3) is 0 Å². The molecular weight excluding hydrogens is 253 g/mol. The van der Waals surface area contributed by atoms with Gasteiger partial charge in [-0.3, -0.25) is 4.79 Å². The molecule has 0 aliphatic heterocycles. The average Bonchev–Trinajstić information content (AvgIpc) is 2.42. The molecule has 4 N–H and O–H groups in total. The number of carboxylic acids is 1. The molecule has 1 aromatic carbocycles. The molecule has 0 spiro atoms. The number of ether oxygens (including phenoxy) is 1. The Morgan fingerprint density at radius 1 is 1.37 bits per heavy atom. The Kier molecular flexibility index (Phi) is 6.24. The first-order valence-corrected chi connectivity index (χ1v) is 5.97. The number of aliphatic carboxylic acids is 1. The van der Waals surface area contributed by atoms with Gasteiger partial charge >= 0.3 is 5.97 Å². The first kappa shape index (κ1) is 15.4. The van der Waals surface area contributed by atoms with Gasteiger partial charge in [0.05, 0.1) is 0 Å². The van der Waals surface area contributed by atoms with Gasteiger partial charge < -0.3 is 20.7 Å². The number of alkyl halides is 1. The van der Waals surface area contributed by atoms with Crippen molar-refractivity contribution >= 4 is 5.97 Å². The van der Waals surface area contributed by atoms with E-state index in [0.29, 0.717) is 18.6 Å². The van der Waals surface area contributed by atoms with Crippen molar-refractivity contribution in [2.24, 2.45) is 5.73 Å². The lowest BCUT2D eigenvalue weighted by Gasteiger charge is -2.10. The van der Waals surface area contributed by atoms with Gasteiger partial charge in [-0.05, 0) is 30.5 Å². The van der Waals surface area contributed by atoms with Crippen molar-refractivity contribution in [3.8, 4) is 5.75 Å². The van der Waals surface area contributed by atoms with Crippen LogP contribution in [-0.2, 0) is 11.2 Å². The molecule has 0 saturated carbocycles. The van der Waals surface area contributed by atoms with E-state index in [-0.39, 0.29) is 6.61 Å². The van der Waals surface area contributed by atoms with E-state index in [4.69, 9.17) is 20.7 Å². The Hall–Kier alpha value is -1.66. The van der Waals surface area contributed by atoms with Crippen molar-refractivity contribution in [3.63, 3.8) is 0 Å². The number of carbonyl (C=O) groups is 1. The molecule has 19 heavy (non-hydrogen) atoms. The van der Waals surface area contributed by atoms with Gasteiger partial charge in [0, 0.05) is 0 Å². The highest BCUT2D eigenvalue weighted by Crippen LogP contribution is 2.14. The summed E-state index contributed by atoms with van der Waals surface area (Å²) in [5.74, 6) is -0.487. The Morgan fingerprint density at radius 2 is 2.00 bits per heavy atom. The smallest absolute Gasteiger partial charge is 0.320 e. The van der Waals surface area contributed by atoms with Gasteiger partial charge in [-0.1, -0.05) is 12.1 Å². The molecule has 0 saturated heterocycles. The maximum absolute atomic E-state index is 12.0. The van der Waals surface area contributed by atoms with Gasteiger partial charge in [0.15, 0.2) is 0 Å². The predicted octanol–water partition coefficient (Wildman–Crippen LogP) is 0.740. The van der Waals surface area contributed by atoms with Crippen LogP contribution in [0.2, 0.25) is 0 Å². The van der Waals surface area contributed by atoms with Gasteiger partial charge in [-0.25, -0.2) is 4.39 Å². The van der Waals surface area contributed by atoms with E-state index in [2.05, 4.69) is 0 Å². The van der Waals surface area contributed by atoms with Crippen LogP contribution in [0.15, 0.2) is 24.3 Å². The van der Waals surface area contributed by atoms with Gasteiger partial charge in [0.2, 0.25) is 0 Å². The van der Waals surface area contributed by atoms with Crippen molar-refractivity contribution in [1.29, 1.82) is 0 Å². The third-order valence-electron chi connectivity index (χ3n) is 2.61. The summed E-state index contributed by atoms with van der Waals surface area (Å²) in [6.45, 7) is -0.940. The SMILES string of the molecule is NC(CCc1ccc(OCC(O)CF)cc1)C(=O)O. The highest BCUT2D eigenvalue weighted by molar-refractivity contribution is 5.73. The van der Waals surface area contributed by atoms with E-state index in [1.165, 1.54) is 0 Å². The number of benzene rings is 1. The fourth-order valence-corrected chi connectivity index (χ4v) is 1.43. The third-order valence-corrected chi connectivity index (χ3v) is 2.61. The molecule has 0 radical (unpaired) electrons. The van der Waals surface area contributed by atoms with E-state index in [1.54, 1.807) is 24.3 Å². The summed E-state index contributed by atoms with van der Waals surface area (Å²) in [6, 6.07) is 6.08. The van der Waals surface area contributed by atoms with Gasteiger partial charge in [-0.15, -0.1) is 0 Å². The Labute approximate surface area is 110 Å². The van der Waals surface area contributed by atoms with Crippen molar-refractivity contribution in [3.05, 3.63) is 29.8 Å². The number of aryl methyl sites for hydroxylation is 1. The molecule has 2 atom stereocenters. The Morgan fingerprint density at radius 3 is 2.53 bits per heavy atom. The maximum Gasteiger partial charge on any atom is 0.320 e. The lowest BCUT2D eigenvalue weighted by molar-refractivity contribution is -0.138. The minimum atomic E-state index is -1.12. The van der Waals surface area contributed by atoms with Gasteiger partial charge in [-0.2, -0.15) is 0 Å². The molecule has 1 rings (SSSR count). The van der Waals surface area contributed by atoms with E-state index >= 15 is 0 Å². The Bertz CT molecular complexity index is 396. The fourth-order valence-electron chi connectivity index (χ4n) is 1.43. The van der Waals surface area contributed by atoms with Crippen LogP contribution in [-0.4, -0.2) is 41.6 Å². The lowest BCUT2D eigenvalue weighted by atomic mass is 10.1. The zero-order valence-corrected chi connectivity index (χ0v) is 10.5. The number of hydrogen-bond acceptors (Lipinski definition) is 4. The number of aliphatic hydroxyl groups is 1. The summed E-state index contributed by atoms with van der Waals surface area (Å²) in [4.78, 5) is 10.6. The highest BCUT2D eigenvalue weighted by atomic mass is 19.1. The van der Waals surface area contributed by atoms with Crippen LogP contribution in [0.3, 0.4) is 0 Å². The normalized spacial score (nSPS) is 13.8. The molecular formula is C13H18FNO4. The van der Waals surface area contributed by atoms with Crippen LogP contribution in [0.4, 0.5) is 4.39 Å². The summed E-state index contributed by atoms with van der Waals surface area (Å²) in [6.07, 6.45) is -0.204. The summed E-state index contributed by atoms with van der Waals surface area (Å²) < 4.78 is 17.2. The fraction of sp³-hybridized carbons (Fsp3) is 0.462. The molecule has 0 amide bonds. The standard InChI is InChI=1S/C13H18FNO4/c14-7-10(16)8-19-11-4-1-9(2-5-11)3-6-12(15)13(17)18/h1-2,4-5,10,12,16H,3,6-8,15H2,(H,17,18). The maximum atomic E-state index is 12.0. The van der Waals surface area contributed by atoms with Crippen LogP contribution >= 0.6 is 0 Å². The monoisotopic (exact) mass is 271 g/mol. The molecule has 0 heterocycles. The quantitative estimate of drug-likeness (QED) is 0.648. The molecule has 0 bridgehead atoms. The van der Waals surface area contributed by atoms with E-state index in [9.17, 15) is 9.18 Å². The number of hydrogen-bond donors (Lipinski definition) is 3. The van der Waals surface area contributed by atoms with Crippen molar-refractivity contribution in [1.82, 2.24) is 0 Å². The number of carboxylic acid groups (broad SMARTS) is 1. The topological polar surface area (TPSA) is 92.8 Å². The molecule has 0 fully saturated rings. The van der Waals surface area contributed by atoms with Gasteiger partial charge in [0.1, 0.15) is 31.2 Å². The third kappa shape index (κ3) is 5.67. The molecule has 106 valence electrons. The van der Waals surface area contributed by atoms with Crippen LogP contribution in [0.5, 0.6) is 5.75 Å². The first-order chi connectivity index (χ1) is 9.02. The average molecular weight is 271 g/mol. The number of aliphatic hydroxyl groups excluding tert-OH is 1. The minimum absolute atomic E-state index is 0.0975. The molecule has 6 heteroatoms. The zero-order valence-electron chi connectivity index (χ0n) is 10.5. The lowest BCUT2D eigenvalue weighted by Crippen LogP contribution is -2.30. The second-order valence-electron chi connectivity index (χ2n) is 4.25. The Balaban J connectivity index is 2.41. The van der Waals surface area contributed by atoms with Crippen LogP contribution in [0.25, 0.3) is 0 Å². The molecule has 0 aromatic heterocycles. The summed E-state index contributed by atoms with van der Waals surface area (Å²) >= 11 is 0. The molecule has 2 unspecified atom stereocenters. The summed E-state index contributed by atoms with van der Waals surface area (Å²) in [5, 5.41) is 17.7. The largest absolute Gasteiger partial charge is 0.491 e. The molecule has 0 aliphatic rings. The second kappa shape index (κ2) is 7.70. The van der Waals surface area contributed by atoms with E-state index in [1.807, 2.05) is 0 Å². The predicted molar refractivity (Wildman–Crippen MR) is 67.9 cm³/mol. The van der Waals surface area contributed by atoms with Crippen LogP contribution in [0.1, 0.15) is 12.0 Å². The van der Waals surface area contributed by atoms with E-state index < -0.39 is 24.8 Å². The zero-order chi connectivity index (χ0) is 14.3. The molecule has 5 nitrogen and oxygen atoms in total. The molecule has 0 aliphatic carbocycles. The van der Waals surface area contributed by atoms with Crippen LogP contribution in [0, 0.1) is 0 Å². The molecule has 1 aromatic rings. The van der Waals surface area contributed by atoms with E-state index in [0.717, 1.165) is 5.56 Å². The summed E-state index contributed by atoms with van der Waals surface area (Å²) in [7, 11) is 0. The summed E-state index contributed by atoms with van der Waals surface area (Å²) in [5.41, 5.74) is 6.34.